The summed E-state index contributed by atoms with van der Waals surface area (Å²) in [6, 6.07) is 22.2. The summed E-state index contributed by atoms with van der Waals surface area (Å²) < 4.78 is 47.9. The van der Waals surface area contributed by atoms with Gasteiger partial charge in [0.2, 0.25) is 0 Å². The summed E-state index contributed by atoms with van der Waals surface area (Å²) >= 11 is 0. The van der Waals surface area contributed by atoms with Crippen molar-refractivity contribution in [1.29, 1.82) is 0 Å². The standard InChI is InChI=1S/C25H19F3N2O4/c26-25(27,28)15-29-23(31)17-5-8-19(9-6-17)30-24(32)22-12-11-21(34-22)14-33-20-10-7-16-3-1-2-4-18(16)13-20/h1-13H,14-15H2,(H,29,31)(H,30,32). The first-order valence-corrected chi connectivity index (χ1v) is 10.2. The molecule has 4 aromatic rings. The number of rotatable bonds is 7. The van der Waals surface area contributed by atoms with Crippen LogP contribution in [0.2, 0.25) is 0 Å². The van der Waals surface area contributed by atoms with Crippen molar-refractivity contribution >= 4 is 28.3 Å². The normalized spacial score (nSPS) is 11.3. The van der Waals surface area contributed by atoms with Gasteiger partial charge >= 0.3 is 6.18 Å². The highest BCUT2D eigenvalue weighted by Gasteiger charge is 2.27. The van der Waals surface area contributed by atoms with Gasteiger partial charge in [-0.25, -0.2) is 0 Å². The summed E-state index contributed by atoms with van der Waals surface area (Å²) in [6.45, 7) is -1.29. The van der Waals surface area contributed by atoms with Crippen LogP contribution in [0.25, 0.3) is 10.8 Å². The molecule has 4 rings (SSSR count). The molecule has 0 aliphatic carbocycles. The second-order valence-electron chi connectivity index (χ2n) is 7.39. The second kappa shape index (κ2) is 9.70. The van der Waals surface area contributed by atoms with E-state index < -0.39 is 24.5 Å². The Morgan fingerprint density at radius 3 is 2.32 bits per heavy atom. The van der Waals surface area contributed by atoms with E-state index in [0.717, 1.165) is 10.8 Å². The van der Waals surface area contributed by atoms with Crippen LogP contribution in [0.3, 0.4) is 0 Å². The quantitative estimate of drug-likeness (QED) is 0.372. The third-order valence-corrected chi connectivity index (χ3v) is 4.84. The summed E-state index contributed by atoms with van der Waals surface area (Å²) in [7, 11) is 0. The molecule has 3 aromatic carbocycles. The van der Waals surface area contributed by atoms with E-state index in [2.05, 4.69) is 5.32 Å². The summed E-state index contributed by atoms with van der Waals surface area (Å²) in [5.41, 5.74) is 0.385. The maximum atomic E-state index is 12.4. The Morgan fingerprint density at radius 1 is 0.853 bits per heavy atom. The number of alkyl halides is 3. The fraction of sp³-hybridized carbons (Fsp3) is 0.120. The summed E-state index contributed by atoms with van der Waals surface area (Å²) in [4.78, 5) is 24.2. The van der Waals surface area contributed by atoms with Crippen LogP contribution >= 0.6 is 0 Å². The maximum absolute atomic E-state index is 12.4. The molecule has 1 heterocycles. The Balaban J connectivity index is 1.31. The minimum absolute atomic E-state index is 0.0355. The van der Waals surface area contributed by atoms with Crippen LogP contribution in [0.15, 0.2) is 83.3 Å². The molecule has 0 aliphatic heterocycles. The molecule has 0 unspecified atom stereocenters. The number of nitrogens with one attached hydrogen (secondary N) is 2. The fourth-order valence-electron chi connectivity index (χ4n) is 3.17. The van der Waals surface area contributed by atoms with Gasteiger partial charge in [-0.15, -0.1) is 0 Å². The third-order valence-electron chi connectivity index (χ3n) is 4.84. The number of carbonyl (C=O) groups excluding carboxylic acids is 2. The average molecular weight is 468 g/mol. The molecule has 9 heteroatoms. The van der Waals surface area contributed by atoms with E-state index in [4.69, 9.17) is 9.15 Å². The molecule has 0 saturated carbocycles. The van der Waals surface area contributed by atoms with Gasteiger partial charge in [0.25, 0.3) is 11.8 Å². The van der Waals surface area contributed by atoms with Gasteiger partial charge < -0.3 is 19.8 Å². The number of anilines is 1. The molecule has 174 valence electrons. The first-order chi connectivity index (χ1) is 16.3. The van der Waals surface area contributed by atoms with Gasteiger partial charge in [-0.2, -0.15) is 13.2 Å². The minimum atomic E-state index is -4.49. The van der Waals surface area contributed by atoms with E-state index in [1.165, 1.54) is 30.3 Å². The number of carbonyl (C=O) groups is 2. The second-order valence-corrected chi connectivity index (χ2v) is 7.39. The lowest BCUT2D eigenvalue weighted by atomic mass is 10.1. The smallest absolute Gasteiger partial charge is 0.405 e. The Kier molecular flexibility index (Phi) is 6.53. The predicted octanol–water partition coefficient (Wildman–Crippen LogP) is 5.56. The predicted molar refractivity (Wildman–Crippen MR) is 120 cm³/mol. The van der Waals surface area contributed by atoms with Crippen molar-refractivity contribution in [1.82, 2.24) is 5.32 Å². The zero-order valence-electron chi connectivity index (χ0n) is 17.7. The highest BCUT2D eigenvalue weighted by Crippen LogP contribution is 2.22. The van der Waals surface area contributed by atoms with Crippen LogP contribution < -0.4 is 15.4 Å². The molecule has 0 atom stereocenters. The Bertz CT molecular complexity index is 1310. The van der Waals surface area contributed by atoms with E-state index in [-0.39, 0.29) is 17.9 Å². The number of hydrogen-bond donors (Lipinski definition) is 2. The van der Waals surface area contributed by atoms with E-state index >= 15 is 0 Å². The largest absolute Gasteiger partial charge is 0.486 e. The molecule has 0 spiro atoms. The molecule has 34 heavy (non-hydrogen) atoms. The number of benzene rings is 3. The minimum Gasteiger partial charge on any atom is -0.486 e. The molecular formula is C25H19F3N2O4. The van der Waals surface area contributed by atoms with Crippen molar-refractivity contribution in [2.24, 2.45) is 0 Å². The van der Waals surface area contributed by atoms with Crippen molar-refractivity contribution in [3.8, 4) is 5.75 Å². The van der Waals surface area contributed by atoms with Gasteiger partial charge in [0.1, 0.15) is 24.7 Å². The zero-order chi connectivity index (χ0) is 24.1. The van der Waals surface area contributed by atoms with E-state index in [9.17, 15) is 22.8 Å². The number of amides is 2. The van der Waals surface area contributed by atoms with Gasteiger partial charge in [-0.3, -0.25) is 9.59 Å². The number of ether oxygens (including phenoxy) is 1. The molecule has 2 N–H and O–H groups in total. The molecule has 6 nitrogen and oxygen atoms in total. The monoisotopic (exact) mass is 468 g/mol. The van der Waals surface area contributed by atoms with Crippen molar-refractivity contribution in [3.05, 3.63) is 95.9 Å². The van der Waals surface area contributed by atoms with Gasteiger partial charge in [0.05, 0.1) is 0 Å². The Morgan fingerprint density at radius 2 is 1.59 bits per heavy atom. The lowest BCUT2D eigenvalue weighted by Gasteiger charge is -2.09. The summed E-state index contributed by atoms with van der Waals surface area (Å²) in [5.74, 6) is -0.205. The molecule has 0 saturated heterocycles. The van der Waals surface area contributed by atoms with Crippen LogP contribution in [-0.4, -0.2) is 24.5 Å². The molecule has 2 amide bonds. The van der Waals surface area contributed by atoms with Crippen LogP contribution in [0.5, 0.6) is 5.75 Å². The van der Waals surface area contributed by atoms with Gasteiger partial charge in [0.15, 0.2) is 5.76 Å². The maximum Gasteiger partial charge on any atom is 0.405 e. The van der Waals surface area contributed by atoms with Gasteiger partial charge in [0, 0.05) is 11.3 Å². The Hall–Kier alpha value is -4.27. The molecule has 0 fully saturated rings. The van der Waals surface area contributed by atoms with Crippen molar-refractivity contribution in [2.45, 2.75) is 12.8 Å². The van der Waals surface area contributed by atoms with E-state index in [1.807, 2.05) is 42.5 Å². The SMILES string of the molecule is O=C(NCC(F)(F)F)c1ccc(NC(=O)c2ccc(COc3ccc4ccccc4c3)o2)cc1. The first kappa shape index (κ1) is 22.9. The zero-order valence-corrected chi connectivity index (χ0v) is 17.7. The fourth-order valence-corrected chi connectivity index (χ4v) is 3.17. The highest BCUT2D eigenvalue weighted by molar-refractivity contribution is 6.02. The first-order valence-electron chi connectivity index (χ1n) is 10.2. The highest BCUT2D eigenvalue weighted by atomic mass is 19.4. The molecular weight excluding hydrogens is 449 g/mol. The molecule has 0 radical (unpaired) electrons. The van der Waals surface area contributed by atoms with Crippen molar-refractivity contribution < 1.29 is 31.9 Å². The summed E-state index contributed by atoms with van der Waals surface area (Å²) in [6.07, 6.45) is -4.49. The van der Waals surface area contributed by atoms with E-state index in [1.54, 1.807) is 11.4 Å². The lowest BCUT2D eigenvalue weighted by Crippen LogP contribution is -2.33. The number of halogens is 3. The van der Waals surface area contributed by atoms with Gasteiger partial charge in [-0.05, 0) is 59.3 Å². The summed E-state index contributed by atoms with van der Waals surface area (Å²) in [5, 5.41) is 6.53. The topological polar surface area (TPSA) is 80.6 Å². The van der Waals surface area contributed by atoms with Crippen LogP contribution in [-0.2, 0) is 6.61 Å². The van der Waals surface area contributed by atoms with Crippen LogP contribution in [0, 0.1) is 0 Å². The average Bonchev–Trinajstić information content (AvgIpc) is 3.30. The number of hydrogen-bond acceptors (Lipinski definition) is 4. The van der Waals surface area contributed by atoms with Gasteiger partial charge in [-0.1, -0.05) is 30.3 Å². The Labute approximate surface area is 192 Å². The third kappa shape index (κ3) is 5.94. The van der Waals surface area contributed by atoms with E-state index in [0.29, 0.717) is 17.2 Å². The molecule has 1 aromatic heterocycles. The lowest BCUT2D eigenvalue weighted by molar-refractivity contribution is -0.123. The van der Waals surface area contributed by atoms with Crippen LogP contribution in [0.1, 0.15) is 26.7 Å². The van der Waals surface area contributed by atoms with Crippen LogP contribution in [0.4, 0.5) is 18.9 Å². The van der Waals surface area contributed by atoms with Crippen molar-refractivity contribution in [3.63, 3.8) is 0 Å². The molecule has 0 aliphatic rings. The number of fused-ring (bicyclic) bond motifs is 1. The van der Waals surface area contributed by atoms with Crippen molar-refractivity contribution in [2.75, 3.05) is 11.9 Å². The number of furan rings is 1. The molecule has 0 bridgehead atoms.